The number of rotatable bonds is 3. The lowest BCUT2D eigenvalue weighted by molar-refractivity contribution is 0.263. The zero-order valence-corrected chi connectivity index (χ0v) is 14.2. The van der Waals surface area contributed by atoms with Gasteiger partial charge in [-0.05, 0) is 50.3 Å². The topological polar surface area (TPSA) is 24.1 Å². The van der Waals surface area contributed by atoms with Crippen LogP contribution in [0.2, 0.25) is 15.1 Å². The Morgan fingerprint density at radius 1 is 0.905 bits per heavy atom. The Bertz CT molecular complexity index is 501. The molecule has 21 heavy (non-hydrogen) atoms. The quantitative estimate of drug-likeness (QED) is 0.718. The predicted molar refractivity (Wildman–Crippen MR) is 91.9 cm³/mol. The molecule has 1 aliphatic carbocycles. The van der Waals surface area contributed by atoms with Crippen LogP contribution in [0.3, 0.4) is 0 Å². The minimum atomic E-state index is 0.462. The van der Waals surface area contributed by atoms with E-state index in [1.807, 2.05) is 6.07 Å². The highest BCUT2D eigenvalue weighted by Crippen LogP contribution is 2.37. The van der Waals surface area contributed by atoms with Gasteiger partial charge in [-0.3, -0.25) is 0 Å². The van der Waals surface area contributed by atoms with Gasteiger partial charge in [-0.25, -0.2) is 0 Å². The summed E-state index contributed by atoms with van der Waals surface area (Å²) in [7, 11) is 0. The number of halogens is 3. The van der Waals surface area contributed by atoms with Gasteiger partial charge in [-0.15, -0.1) is 0 Å². The van der Waals surface area contributed by atoms with Crippen LogP contribution in [0.1, 0.15) is 38.5 Å². The van der Waals surface area contributed by atoms with Crippen molar-refractivity contribution >= 4 is 40.5 Å². The summed E-state index contributed by atoms with van der Waals surface area (Å²) in [6, 6.07) is 4.67. The van der Waals surface area contributed by atoms with E-state index in [4.69, 9.17) is 34.8 Å². The lowest BCUT2D eigenvalue weighted by Crippen LogP contribution is -2.43. The SMILES string of the molecule is Clc1cc(Cl)c(NC2CCCCC2C2CCCN2)cc1Cl. The largest absolute Gasteiger partial charge is 0.381 e. The first kappa shape index (κ1) is 15.7. The van der Waals surface area contributed by atoms with Crippen LogP contribution in [0.15, 0.2) is 12.1 Å². The van der Waals surface area contributed by atoms with Gasteiger partial charge in [0.1, 0.15) is 0 Å². The van der Waals surface area contributed by atoms with E-state index in [0.717, 1.165) is 12.2 Å². The summed E-state index contributed by atoms with van der Waals surface area (Å²) in [5.74, 6) is 0.673. The zero-order chi connectivity index (χ0) is 14.8. The number of hydrogen-bond donors (Lipinski definition) is 2. The van der Waals surface area contributed by atoms with Crippen LogP contribution in [0.5, 0.6) is 0 Å². The van der Waals surface area contributed by atoms with E-state index in [0.29, 0.717) is 33.1 Å². The number of benzene rings is 1. The average Bonchev–Trinajstić information content (AvgIpc) is 2.99. The first-order chi connectivity index (χ1) is 10.1. The van der Waals surface area contributed by atoms with Gasteiger partial charge >= 0.3 is 0 Å². The standard InChI is InChI=1S/C16H21Cl3N2/c17-11-8-13(19)16(9-12(11)18)21-15-5-2-1-4-10(15)14-6-3-7-20-14/h8-10,14-15,20-21H,1-7H2. The lowest BCUT2D eigenvalue weighted by Gasteiger charge is -2.37. The molecule has 2 fully saturated rings. The van der Waals surface area contributed by atoms with E-state index in [1.54, 1.807) is 6.07 Å². The highest BCUT2D eigenvalue weighted by Gasteiger charge is 2.33. The highest BCUT2D eigenvalue weighted by atomic mass is 35.5. The number of nitrogens with one attached hydrogen (secondary N) is 2. The minimum absolute atomic E-state index is 0.462. The van der Waals surface area contributed by atoms with Crippen LogP contribution >= 0.6 is 34.8 Å². The maximum Gasteiger partial charge on any atom is 0.0653 e. The van der Waals surface area contributed by atoms with Gasteiger partial charge in [0, 0.05) is 12.1 Å². The van der Waals surface area contributed by atoms with Crippen molar-refractivity contribution in [3.05, 3.63) is 27.2 Å². The van der Waals surface area contributed by atoms with E-state index < -0.39 is 0 Å². The van der Waals surface area contributed by atoms with Crippen molar-refractivity contribution in [1.82, 2.24) is 5.32 Å². The third-order valence-electron chi connectivity index (χ3n) is 4.79. The summed E-state index contributed by atoms with van der Waals surface area (Å²) in [5, 5.41) is 8.99. The van der Waals surface area contributed by atoms with E-state index in [-0.39, 0.29) is 0 Å². The Morgan fingerprint density at radius 3 is 2.43 bits per heavy atom. The molecule has 2 N–H and O–H groups in total. The van der Waals surface area contributed by atoms with Crippen LogP contribution in [0.4, 0.5) is 5.69 Å². The normalized spacial score (nSPS) is 29.6. The molecule has 3 atom stereocenters. The van der Waals surface area contributed by atoms with Crippen molar-refractivity contribution < 1.29 is 0 Å². The Labute approximate surface area is 141 Å². The fourth-order valence-corrected chi connectivity index (χ4v) is 4.33. The molecular formula is C16H21Cl3N2. The predicted octanol–water partition coefficient (Wildman–Crippen LogP) is 5.37. The average molecular weight is 348 g/mol. The van der Waals surface area contributed by atoms with Crippen molar-refractivity contribution in [2.75, 3.05) is 11.9 Å². The molecule has 1 aromatic rings. The molecule has 1 aromatic carbocycles. The molecule has 1 aliphatic heterocycles. The molecule has 0 aromatic heterocycles. The summed E-state index contributed by atoms with van der Waals surface area (Å²) in [4.78, 5) is 0. The molecule has 2 aliphatic rings. The van der Waals surface area contributed by atoms with E-state index >= 15 is 0 Å². The van der Waals surface area contributed by atoms with Crippen LogP contribution in [-0.2, 0) is 0 Å². The van der Waals surface area contributed by atoms with Gasteiger partial charge in [0.25, 0.3) is 0 Å². The number of hydrogen-bond acceptors (Lipinski definition) is 2. The van der Waals surface area contributed by atoms with Gasteiger partial charge in [-0.1, -0.05) is 47.6 Å². The molecule has 5 heteroatoms. The van der Waals surface area contributed by atoms with E-state index in [2.05, 4.69) is 10.6 Å². The minimum Gasteiger partial charge on any atom is -0.381 e. The molecule has 3 rings (SSSR count). The van der Waals surface area contributed by atoms with Gasteiger partial charge in [0.15, 0.2) is 0 Å². The van der Waals surface area contributed by atoms with E-state index in [9.17, 15) is 0 Å². The fourth-order valence-electron chi connectivity index (χ4n) is 3.73. The Kier molecular flexibility index (Phi) is 5.21. The summed E-state index contributed by atoms with van der Waals surface area (Å²) in [6.45, 7) is 1.15. The molecule has 1 saturated heterocycles. The van der Waals surface area contributed by atoms with Gasteiger partial charge in [0.2, 0.25) is 0 Å². The third-order valence-corrected chi connectivity index (χ3v) is 5.82. The maximum atomic E-state index is 6.31. The fraction of sp³-hybridized carbons (Fsp3) is 0.625. The van der Waals surface area contributed by atoms with Crippen LogP contribution in [0, 0.1) is 5.92 Å². The van der Waals surface area contributed by atoms with Crippen molar-refractivity contribution in [2.45, 2.75) is 50.6 Å². The molecule has 116 valence electrons. The van der Waals surface area contributed by atoms with Crippen LogP contribution in [-0.4, -0.2) is 18.6 Å². The lowest BCUT2D eigenvalue weighted by atomic mass is 9.79. The summed E-state index contributed by atoms with van der Waals surface area (Å²) < 4.78 is 0. The first-order valence-corrected chi connectivity index (χ1v) is 8.93. The maximum absolute atomic E-state index is 6.31. The molecule has 0 bridgehead atoms. The summed E-state index contributed by atoms with van der Waals surface area (Å²) in [6.07, 6.45) is 7.67. The van der Waals surface area contributed by atoms with Gasteiger partial charge in [0.05, 0.1) is 20.8 Å². The first-order valence-electron chi connectivity index (χ1n) is 7.79. The Hall–Kier alpha value is -0.150. The molecule has 3 unspecified atom stereocenters. The molecule has 0 amide bonds. The smallest absolute Gasteiger partial charge is 0.0653 e. The van der Waals surface area contributed by atoms with Crippen molar-refractivity contribution in [2.24, 2.45) is 5.92 Å². The van der Waals surface area contributed by atoms with Gasteiger partial charge < -0.3 is 10.6 Å². The third kappa shape index (κ3) is 3.61. The summed E-state index contributed by atoms with van der Waals surface area (Å²) in [5.41, 5.74) is 0.904. The molecular weight excluding hydrogens is 327 g/mol. The molecule has 0 radical (unpaired) electrons. The second-order valence-corrected chi connectivity index (χ2v) is 7.37. The highest BCUT2D eigenvalue weighted by molar-refractivity contribution is 6.44. The van der Waals surface area contributed by atoms with E-state index in [1.165, 1.54) is 38.5 Å². The molecule has 0 spiro atoms. The summed E-state index contributed by atoms with van der Waals surface area (Å²) >= 11 is 18.4. The second-order valence-electron chi connectivity index (χ2n) is 6.15. The second kappa shape index (κ2) is 6.95. The van der Waals surface area contributed by atoms with Crippen molar-refractivity contribution in [1.29, 1.82) is 0 Å². The molecule has 2 nitrogen and oxygen atoms in total. The molecule has 1 saturated carbocycles. The number of anilines is 1. The molecule has 1 heterocycles. The zero-order valence-electron chi connectivity index (χ0n) is 12.0. The van der Waals surface area contributed by atoms with Crippen LogP contribution in [0.25, 0.3) is 0 Å². The van der Waals surface area contributed by atoms with Crippen molar-refractivity contribution in [3.8, 4) is 0 Å². The van der Waals surface area contributed by atoms with Gasteiger partial charge in [-0.2, -0.15) is 0 Å². The van der Waals surface area contributed by atoms with Crippen LogP contribution < -0.4 is 10.6 Å². The van der Waals surface area contributed by atoms with Crippen molar-refractivity contribution in [3.63, 3.8) is 0 Å². The Morgan fingerprint density at radius 2 is 1.67 bits per heavy atom. The monoisotopic (exact) mass is 346 g/mol. The Balaban J connectivity index is 1.76.